The number of hydrogen-bond donors (Lipinski definition) is 2. The zero-order chi connectivity index (χ0) is 16.9. The Morgan fingerprint density at radius 2 is 2.00 bits per heavy atom. The lowest BCUT2D eigenvalue weighted by Crippen LogP contribution is -2.41. The number of rotatable bonds is 3. The summed E-state index contributed by atoms with van der Waals surface area (Å²) < 4.78 is 0. The first-order valence-corrected chi connectivity index (χ1v) is 8.46. The molecule has 0 aliphatic carbocycles. The number of carbonyl (C=O) groups is 2. The molecule has 2 amide bonds. The van der Waals surface area contributed by atoms with E-state index in [2.05, 4.69) is 15.6 Å². The second-order valence-corrected chi connectivity index (χ2v) is 6.66. The molecule has 0 spiro atoms. The minimum absolute atomic E-state index is 0.135. The molecule has 1 aliphatic rings. The number of aliphatic imine (C=N–C) groups is 1. The highest BCUT2D eigenvalue weighted by Crippen LogP contribution is 2.24. The summed E-state index contributed by atoms with van der Waals surface area (Å²) in [7, 11) is 0. The number of nitrogens with zero attached hydrogens (tertiary/aromatic N) is 1. The number of thioether (sulfide) groups is 1. The van der Waals surface area contributed by atoms with Crippen molar-refractivity contribution in [3.8, 4) is 0 Å². The average molecular weight is 339 g/mol. The Hall–Kier alpha value is -2.60. The molecular weight excluding hydrogens is 322 g/mol. The Balaban J connectivity index is 1.72. The molecule has 1 heterocycles. The molecule has 6 heteroatoms. The second kappa shape index (κ2) is 7.31. The summed E-state index contributed by atoms with van der Waals surface area (Å²) in [5.41, 5.74) is 2.53. The number of benzene rings is 2. The quantitative estimate of drug-likeness (QED) is 0.902. The molecule has 1 aliphatic heterocycles. The highest BCUT2D eigenvalue weighted by atomic mass is 32.2. The molecule has 0 bridgehead atoms. The minimum Gasteiger partial charge on any atom is -0.325 e. The van der Waals surface area contributed by atoms with Crippen LogP contribution in [0.15, 0.2) is 59.6 Å². The number of hydrogen-bond acceptors (Lipinski definition) is 4. The van der Waals surface area contributed by atoms with Gasteiger partial charge < -0.3 is 10.6 Å². The van der Waals surface area contributed by atoms with Crippen molar-refractivity contribution in [1.82, 2.24) is 5.32 Å². The van der Waals surface area contributed by atoms with Gasteiger partial charge in [0.05, 0.1) is 5.69 Å². The van der Waals surface area contributed by atoms with Crippen LogP contribution in [0.4, 0.5) is 11.4 Å². The van der Waals surface area contributed by atoms with E-state index < -0.39 is 5.25 Å². The van der Waals surface area contributed by atoms with Crippen molar-refractivity contribution < 1.29 is 9.59 Å². The fraction of sp³-hybridized carbons (Fsp3) is 0.167. The maximum atomic E-state index is 12.5. The molecule has 1 atom stereocenters. The normalized spacial score (nSPS) is 19.0. The molecule has 1 fully saturated rings. The van der Waals surface area contributed by atoms with Gasteiger partial charge in [-0.15, -0.1) is 0 Å². The number of carbonyl (C=O) groups excluding carboxylic acids is 2. The van der Waals surface area contributed by atoms with Crippen molar-refractivity contribution in [3.63, 3.8) is 0 Å². The van der Waals surface area contributed by atoms with Crippen LogP contribution in [0.5, 0.6) is 0 Å². The number of para-hydroxylation sites is 1. The third kappa shape index (κ3) is 4.23. The van der Waals surface area contributed by atoms with Crippen LogP contribution >= 0.6 is 11.8 Å². The van der Waals surface area contributed by atoms with Gasteiger partial charge in [0.1, 0.15) is 5.25 Å². The highest BCUT2D eigenvalue weighted by Gasteiger charge is 2.30. The van der Waals surface area contributed by atoms with Crippen LogP contribution in [-0.2, 0) is 9.59 Å². The van der Waals surface area contributed by atoms with Gasteiger partial charge in [0, 0.05) is 12.1 Å². The molecule has 1 saturated heterocycles. The number of anilines is 1. The van der Waals surface area contributed by atoms with Gasteiger partial charge in [-0.3, -0.25) is 9.59 Å². The minimum atomic E-state index is -0.498. The summed E-state index contributed by atoms with van der Waals surface area (Å²) >= 11 is 1.27. The third-order valence-corrected chi connectivity index (χ3v) is 4.52. The SMILES string of the molecule is Cc1cccc(NC(=O)[C@H]2CC(=O)NC(=Nc3ccccc3)S2)c1. The Morgan fingerprint density at radius 3 is 2.75 bits per heavy atom. The maximum Gasteiger partial charge on any atom is 0.238 e. The molecule has 0 unspecified atom stereocenters. The van der Waals surface area contributed by atoms with Crippen LogP contribution in [0.3, 0.4) is 0 Å². The Morgan fingerprint density at radius 1 is 1.21 bits per heavy atom. The van der Waals surface area contributed by atoms with Crippen LogP contribution < -0.4 is 10.6 Å². The van der Waals surface area contributed by atoms with E-state index in [1.54, 1.807) is 0 Å². The van der Waals surface area contributed by atoms with E-state index in [0.717, 1.165) is 16.9 Å². The number of amides is 2. The fourth-order valence-electron chi connectivity index (χ4n) is 2.31. The van der Waals surface area contributed by atoms with E-state index in [0.29, 0.717) is 5.17 Å². The lowest BCUT2D eigenvalue weighted by Gasteiger charge is -2.22. The molecule has 0 radical (unpaired) electrons. The van der Waals surface area contributed by atoms with Crippen molar-refractivity contribution in [1.29, 1.82) is 0 Å². The summed E-state index contributed by atoms with van der Waals surface area (Å²) in [6.07, 6.45) is 0.135. The summed E-state index contributed by atoms with van der Waals surface area (Å²) in [4.78, 5) is 28.7. The van der Waals surface area contributed by atoms with Crippen molar-refractivity contribution in [2.45, 2.75) is 18.6 Å². The lowest BCUT2D eigenvalue weighted by atomic mass is 10.2. The molecule has 2 aromatic carbocycles. The standard InChI is InChI=1S/C18H17N3O2S/c1-12-6-5-9-14(10-12)19-17(23)15-11-16(22)21-18(24-15)20-13-7-3-2-4-8-13/h2-10,15H,11H2,1H3,(H,19,23)(H,20,21,22)/t15-/m1/s1. The van der Waals surface area contributed by atoms with Gasteiger partial charge in [-0.05, 0) is 36.8 Å². The maximum absolute atomic E-state index is 12.5. The van der Waals surface area contributed by atoms with Crippen molar-refractivity contribution in [3.05, 3.63) is 60.2 Å². The largest absolute Gasteiger partial charge is 0.325 e. The second-order valence-electron chi connectivity index (χ2n) is 5.47. The Bertz CT molecular complexity index is 790. The Kier molecular flexibility index (Phi) is 4.96. The van der Waals surface area contributed by atoms with E-state index in [-0.39, 0.29) is 18.2 Å². The summed E-state index contributed by atoms with van der Waals surface area (Å²) in [6, 6.07) is 16.9. The van der Waals surface area contributed by atoms with Gasteiger partial charge in [0.15, 0.2) is 5.17 Å². The van der Waals surface area contributed by atoms with Crippen molar-refractivity contribution >= 4 is 40.1 Å². The smallest absolute Gasteiger partial charge is 0.238 e. The lowest BCUT2D eigenvalue weighted by molar-refractivity contribution is -0.123. The van der Waals surface area contributed by atoms with E-state index in [4.69, 9.17) is 0 Å². The molecule has 0 saturated carbocycles. The molecule has 2 N–H and O–H groups in total. The fourth-order valence-corrected chi connectivity index (χ4v) is 3.31. The molecule has 122 valence electrons. The summed E-state index contributed by atoms with van der Waals surface area (Å²) in [6.45, 7) is 1.96. The van der Waals surface area contributed by atoms with E-state index in [9.17, 15) is 9.59 Å². The summed E-state index contributed by atoms with van der Waals surface area (Å²) in [5.74, 6) is -0.394. The Labute approximate surface area is 144 Å². The van der Waals surface area contributed by atoms with Crippen molar-refractivity contribution in [2.75, 3.05) is 5.32 Å². The van der Waals surface area contributed by atoms with Gasteiger partial charge in [-0.25, -0.2) is 4.99 Å². The zero-order valence-electron chi connectivity index (χ0n) is 13.2. The first kappa shape index (κ1) is 16.3. The van der Waals surface area contributed by atoms with E-state index >= 15 is 0 Å². The van der Waals surface area contributed by atoms with E-state index in [1.807, 2.05) is 61.5 Å². The average Bonchev–Trinajstić information content (AvgIpc) is 2.55. The number of aryl methyl sites for hydroxylation is 1. The highest BCUT2D eigenvalue weighted by molar-refractivity contribution is 8.15. The molecular formula is C18H17N3O2S. The molecule has 3 rings (SSSR count). The third-order valence-electron chi connectivity index (χ3n) is 3.44. The van der Waals surface area contributed by atoms with Crippen LogP contribution in [0.1, 0.15) is 12.0 Å². The zero-order valence-corrected chi connectivity index (χ0v) is 14.0. The van der Waals surface area contributed by atoms with Crippen LogP contribution in [0.2, 0.25) is 0 Å². The number of nitrogens with one attached hydrogen (secondary N) is 2. The van der Waals surface area contributed by atoms with Crippen LogP contribution in [-0.4, -0.2) is 22.2 Å². The van der Waals surface area contributed by atoms with Crippen LogP contribution in [0, 0.1) is 6.92 Å². The molecule has 0 aromatic heterocycles. The predicted molar refractivity (Wildman–Crippen MR) is 97.5 cm³/mol. The van der Waals surface area contributed by atoms with Gasteiger partial charge in [0.2, 0.25) is 11.8 Å². The molecule has 24 heavy (non-hydrogen) atoms. The molecule has 2 aromatic rings. The predicted octanol–water partition coefficient (Wildman–Crippen LogP) is 3.24. The number of amidine groups is 1. The monoisotopic (exact) mass is 339 g/mol. The molecule has 5 nitrogen and oxygen atoms in total. The van der Waals surface area contributed by atoms with Gasteiger partial charge >= 0.3 is 0 Å². The van der Waals surface area contributed by atoms with Gasteiger partial charge in [-0.2, -0.15) is 0 Å². The first-order chi connectivity index (χ1) is 11.6. The summed E-state index contributed by atoms with van der Waals surface area (Å²) in [5, 5.41) is 5.53. The van der Waals surface area contributed by atoms with Gasteiger partial charge in [0.25, 0.3) is 0 Å². The topological polar surface area (TPSA) is 70.6 Å². The van der Waals surface area contributed by atoms with Crippen LogP contribution in [0.25, 0.3) is 0 Å². The first-order valence-electron chi connectivity index (χ1n) is 7.58. The van der Waals surface area contributed by atoms with E-state index in [1.165, 1.54) is 11.8 Å². The van der Waals surface area contributed by atoms with Crippen molar-refractivity contribution in [2.24, 2.45) is 4.99 Å². The van der Waals surface area contributed by atoms with Gasteiger partial charge in [-0.1, -0.05) is 42.1 Å².